The molecule has 0 aliphatic carbocycles. The average molecular weight is 259 g/mol. The van der Waals surface area contributed by atoms with Gasteiger partial charge < -0.3 is 15.2 Å². The van der Waals surface area contributed by atoms with E-state index in [1.54, 1.807) is 32.4 Å². The Morgan fingerprint density at radius 1 is 1.21 bits per heavy atom. The van der Waals surface area contributed by atoms with E-state index in [0.29, 0.717) is 29.2 Å². The fourth-order valence-electron chi connectivity index (χ4n) is 1.69. The Bertz CT molecular complexity index is 592. The lowest BCUT2D eigenvalue weighted by Crippen LogP contribution is -2.02. The van der Waals surface area contributed by atoms with E-state index in [1.165, 1.54) is 6.20 Å². The average Bonchev–Trinajstić information content (AvgIpc) is 2.46. The first-order valence-electron chi connectivity index (χ1n) is 5.50. The van der Waals surface area contributed by atoms with E-state index >= 15 is 0 Å². The summed E-state index contributed by atoms with van der Waals surface area (Å²) in [4.78, 5) is 18.9. The lowest BCUT2D eigenvalue weighted by atomic mass is 10.1. The van der Waals surface area contributed by atoms with Gasteiger partial charge in [0.1, 0.15) is 22.9 Å². The first-order valence-corrected chi connectivity index (χ1v) is 5.50. The Morgan fingerprint density at radius 2 is 1.84 bits per heavy atom. The zero-order valence-corrected chi connectivity index (χ0v) is 10.6. The van der Waals surface area contributed by atoms with Gasteiger partial charge in [-0.25, -0.2) is 9.97 Å². The number of anilines is 1. The molecule has 98 valence electrons. The SMILES string of the molecule is COc1cccc(OC)c1-c1ncc(C=O)c(N)n1. The first kappa shape index (κ1) is 12.8. The van der Waals surface area contributed by atoms with E-state index in [-0.39, 0.29) is 11.4 Å². The van der Waals surface area contributed by atoms with Crippen LogP contribution in [0.2, 0.25) is 0 Å². The van der Waals surface area contributed by atoms with Gasteiger partial charge in [0.2, 0.25) is 0 Å². The van der Waals surface area contributed by atoms with Gasteiger partial charge in [-0.1, -0.05) is 6.07 Å². The second kappa shape index (κ2) is 5.34. The third-order valence-corrected chi connectivity index (χ3v) is 2.63. The highest BCUT2D eigenvalue weighted by atomic mass is 16.5. The highest BCUT2D eigenvalue weighted by molar-refractivity contribution is 5.82. The van der Waals surface area contributed by atoms with Crippen LogP contribution in [-0.4, -0.2) is 30.5 Å². The van der Waals surface area contributed by atoms with Gasteiger partial charge in [0, 0.05) is 6.20 Å². The summed E-state index contributed by atoms with van der Waals surface area (Å²) in [6, 6.07) is 5.33. The van der Waals surface area contributed by atoms with Crippen LogP contribution in [0.4, 0.5) is 5.82 Å². The van der Waals surface area contributed by atoms with Crippen molar-refractivity contribution in [2.75, 3.05) is 20.0 Å². The molecule has 1 aromatic heterocycles. The molecule has 0 unspecified atom stereocenters. The summed E-state index contributed by atoms with van der Waals surface area (Å²) in [5.74, 6) is 1.60. The van der Waals surface area contributed by atoms with E-state index in [9.17, 15) is 4.79 Å². The molecule has 0 saturated carbocycles. The monoisotopic (exact) mass is 259 g/mol. The first-order chi connectivity index (χ1) is 9.21. The molecule has 2 N–H and O–H groups in total. The van der Waals surface area contributed by atoms with Crippen LogP contribution in [0, 0.1) is 0 Å². The Hall–Kier alpha value is -2.63. The lowest BCUT2D eigenvalue weighted by Gasteiger charge is -2.12. The number of aromatic nitrogens is 2. The zero-order valence-electron chi connectivity index (χ0n) is 10.6. The number of carbonyl (C=O) groups excluding carboxylic acids is 1. The quantitative estimate of drug-likeness (QED) is 0.838. The summed E-state index contributed by atoms with van der Waals surface area (Å²) in [5.41, 5.74) is 6.53. The van der Waals surface area contributed by atoms with Crippen LogP contribution in [0.25, 0.3) is 11.4 Å². The molecule has 0 bridgehead atoms. The molecule has 0 radical (unpaired) electrons. The van der Waals surface area contributed by atoms with E-state index in [2.05, 4.69) is 9.97 Å². The molecule has 0 aliphatic heterocycles. The number of ether oxygens (including phenoxy) is 2. The van der Waals surface area contributed by atoms with Crippen LogP contribution in [-0.2, 0) is 0 Å². The van der Waals surface area contributed by atoms with Crippen LogP contribution >= 0.6 is 0 Å². The minimum Gasteiger partial charge on any atom is -0.496 e. The minimum absolute atomic E-state index is 0.118. The Morgan fingerprint density at radius 3 is 2.32 bits per heavy atom. The van der Waals surface area contributed by atoms with E-state index in [4.69, 9.17) is 15.2 Å². The topological polar surface area (TPSA) is 87.3 Å². The number of nitrogens with zero attached hydrogens (tertiary/aromatic N) is 2. The van der Waals surface area contributed by atoms with Crippen molar-refractivity contribution in [1.82, 2.24) is 9.97 Å². The molecular formula is C13H13N3O3. The standard InChI is InChI=1S/C13H13N3O3/c1-18-9-4-3-5-10(19-2)11(9)13-15-6-8(7-17)12(14)16-13/h3-7H,1-2H3,(H2,14,15,16). The fraction of sp³-hybridized carbons (Fsp3) is 0.154. The van der Waals surface area contributed by atoms with Gasteiger partial charge in [-0.2, -0.15) is 0 Å². The molecule has 6 nitrogen and oxygen atoms in total. The summed E-state index contributed by atoms with van der Waals surface area (Å²) in [5, 5.41) is 0. The third-order valence-electron chi connectivity index (χ3n) is 2.63. The highest BCUT2D eigenvalue weighted by Gasteiger charge is 2.16. The lowest BCUT2D eigenvalue weighted by molar-refractivity contribution is 0.112. The number of rotatable bonds is 4. The number of aldehydes is 1. The number of nitrogen functional groups attached to an aromatic ring is 1. The van der Waals surface area contributed by atoms with Crippen LogP contribution in [0.1, 0.15) is 10.4 Å². The van der Waals surface area contributed by atoms with Crippen molar-refractivity contribution in [3.63, 3.8) is 0 Å². The Balaban J connectivity index is 2.63. The normalized spacial score (nSPS) is 10.0. The van der Waals surface area contributed by atoms with Gasteiger partial charge >= 0.3 is 0 Å². The van der Waals surface area contributed by atoms with Crippen LogP contribution < -0.4 is 15.2 Å². The molecular weight excluding hydrogens is 246 g/mol. The number of carbonyl (C=O) groups is 1. The molecule has 0 spiro atoms. The predicted molar refractivity (Wildman–Crippen MR) is 70.4 cm³/mol. The molecule has 0 aliphatic rings. The largest absolute Gasteiger partial charge is 0.496 e. The number of nitrogens with two attached hydrogens (primary N) is 1. The molecule has 2 rings (SSSR count). The van der Waals surface area contributed by atoms with Gasteiger partial charge in [0.25, 0.3) is 0 Å². The second-order valence-electron chi connectivity index (χ2n) is 3.69. The fourth-order valence-corrected chi connectivity index (χ4v) is 1.69. The molecule has 1 heterocycles. The number of benzene rings is 1. The van der Waals surface area contributed by atoms with Crippen molar-refractivity contribution in [2.45, 2.75) is 0 Å². The molecule has 19 heavy (non-hydrogen) atoms. The van der Waals surface area contributed by atoms with Crippen molar-refractivity contribution in [3.8, 4) is 22.9 Å². The molecule has 0 amide bonds. The molecule has 0 atom stereocenters. The molecule has 6 heteroatoms. The summed E-state index contributed by atoms with van der Waals surface area (Å²) in [7, 11) is 3.09. The summed E-state index contributed by atoms with van der Waals surface area (Å²) >= 11 is 0. The van der Waals surface area contributed by atoms with Crippen molar-refractivity contribution in [2.24, 2.45) is 0 Å². The summed E-state index contributed by atoms with van der Waals surface area (Å²) in [6.07, 6.45) is 1.98. The number of hydrogen-bond donors (Lipinski definition) is 1. The van der Waals surface area contributed by atoms with Gasteiger partial charge in [-0.3, -0.25) is 4.79 Å². The van der Waals surface area contributed by atoms with Crippen molar-refractivity contribution >= 4 is 12.1 Å². The van der Waals surface area contributed by atoms with Gasteiger partial charge in [0.05, 0.1) is 19.8 Å². The van der Waals surface area contributed by atoms with E-state index in [0.717, 1.165) is 0 Å². The van der Waals surface area contributed by atoms with Crippen LogP contribution in [0.5, 0.6) is 11.5 Å². The second-order valence-corrected chi connectivity index (χ2v) is 3.69. The van der Waals surface area contributed by atoms with Crippen LogP contribution in [0.3, 0.4) is 0 Å². The maximum Gasteiger partial charge on any atom is 0.169 e. The molecule has 1 aromatic carbocycles. The minimum atomic E-state index is 0.118. The third kappa shape index (κ3) is 2.33. The number of methoxy groups -OCH3 is 2. The van der Waals surface area contributed by atoms with Crippen molar-refractivity contribution < 1.29 is 14.3 Å². The molecule has 2 aromatic rings. The Kier molecular flexibility index (Phi) is 3.61. The summed E-state index contributed by atoms with van der Waals surface area (Å²) < 4.78 is 10.5. The Labute approximate surface area is 110 Å². The molecule has 0 fully saturated rings. The van der Waals surface area contributed by atoms with Crippen LogP contribution in [0.15, 0.2) is 24.4 Å². The van der Waals surface area contributed by atoms with E-state index < -0.39 is 0 Å². The molecule has 0 saturated heterocycles. The smallest absolute Gasteiger partial charge is 0.169 e. The van der Waals surface area contributed by atoms with Gasteiger partial charge in [-0.05, 0) is 12.1 Å². The maximum absolute atomic E-state index is 10.7. The summed E-state index contributed by atoms with van der Waals surface area (Å²) in [6.45, 7) is 0. The van der Waals surface area contributed by atoms with Gasteiger partial charge in [-0.15, -0.1) is 0 Å². The van der Waals surface area contributed by atoms with Crippen molar-refractivity contribution in [3.05, 3.63) is 30.0 Å². The maximum atomic E-state index is 10.7. The highest BCUT2D eigenvalue weighted by Crippen LogP contribution is 2.36. The zero-order chi connectivity index (χ0) is 13.8. The van der Waals surface area contributed by atoms with Gasteiger partial charge in [0.15, 0.2) is 12.1 Å². The number of hydrogen-bond acceptors (Lipinski definition) is 6. The van der Waals surface area contributed by atoms with Crippen molar-refractivity contribution in [1.29, 1.82) is 0 Å². The van der Waals surface area contributed by atoms with E-state index in [1.807, 2.05) is 0 Å². The predicted octanol–water partition coefficient (Wildman–Crippen LogP) is 1.56.